The van der Waals surface area contributed by atoms with E-state index < -0.39 is 0 Å². The first-order valence-corrected chi connectivity index (χ1v) is 4.25. The number of hydrogen-bond acceptors (Lipinski definition) is 3. The van der Waals surface area contributed by atoms with Crippen molar-refractivity contribution in [1.82, 2.24) is 0 Å². The third kappa shape index (κ3) is 1.21. The summed E-state index contributed by atoms with van der Waals surface area (Å²) in [5.74, 6) is 1.44. The van der Waals surface area contributed by atoms with E-state index in [9.17, 15) is 0 Å². The van der Waals surface area contributed by atoms with Gasteiger partial charge in [-0.05, 0) is 6.07 Å². The van der Waals surface area contributed by atoms with Crippen molar-refractivity contribution < 1.29 is 9.47 Å². The second-order valence-electron chi connectivity index (χ2n) is 2.92. The number of nitrogens with zero attached hydrogens (tertiary/aromatic N) is 1. The number of methoxy groups -OCH3 is 1. The van der Waals surface area contributed by atoms with Gasteiger partial charge in [0.05, 0.1) is 13.2 Å². The van der Waals surface area contributed by atoms with Gasteiger partial charge in [-0.3, -0.25) is 0 Å². The van der Waals surface area contributed by atoms with Crippen LogP contribution in [0.15, 0.2) is 24.3 Å². The van der Waals surface area contributed by atoms with Gasteiger partial charge in [0.15, 0.2) is 11.5 Å². The van der Waals surface area contributed by atoms with E-state index in [4.69, 9.17) is 14.7 Å². The molecule has 0 unspecified atom stereocenters. The number of nitriles is 1. The molecule has 0 spiro atoms. The van der Waals surface area contributed by atoms with E-state index in [1.54, 1.807) is 7.11 Å². The number of rotatable bonds is 1. The van der Waals surface area contributed by atoms with Crippen LogP contribution >= 0.6 is 0 Å². The van der Waals surface area contributed by atoms with Gasteiger partial charge in [0, 0.05) is 17.2 Å². The summed E-state index contributed by atoms with van der Waals surface area (Å²) >= 11 is 0. The molecule has 0 fully saturated rings. The summed E-state index contributed by atoms with van der Waals surface area (Å²) in [6, 6.07) is 7.66. The Bertz CT molecular complexity index is 429. The zero-order valence-corrected chi connectivity index (χ0v) is 7.78. The van der Waals surface area contributed by atoms with Crippen LogP contribution in [0.25, 0.3) is 5.57 Å². The molecule has 0 radical (unpaired) electrons. The van der Waals surface area contributed by atoms with Crippen LogP contribution in [-0.4, -0.2) is 13.7 Å². The number of allylic oxidation sites excluding steroid dienone is 1. The highest BCUT2D eigenvalue weighted by Crippen LogP contribution is 2.40. The van der Waals surface area contributed by atoms with Crippen LogP contribution in [0.5, 0.6) is 11.5 Å². The Morgan fingerprint density at radius 1 is 1.57 bits per heavy atom. The van der Waals surface area contributed by atoms with Gasteiger partial charge in [-0.15, -0.1) is 0 Å². The Hall–Kier alpha value is -1.95. The second-order valence-corrected chi connectivity index (χ2v) is 2.92. The second kappa shape index (κ2) is 3.43. The fraction of sp³-hybridized carbons (Fsp3) is 0.182. The molecule has 0 atom stereocenters. The van der Waals surface area contributed by atoms with Gasteiger partial charge < -0.3 is 9.47 Å². The quantitative estimate of drug-likeness (QED) is 0.631. The fourth-order valence-electron chi connectivity index (χ4n) is 1.50. The molecule has 14 heavy (non-hydrogen) atoms. The molecular formula is C11H9NO2. The van der Waals surface area contributed by atoms with Crippen LogP contribution in [0.2, 0.25) is 0 Å². The molecule has 0 saturated carbocycles. The maximum Gasteiger partial charge on any atom is 0.169 e. The van der Waals surface area contributed by atoms with Crippen LogP contribution in [0.4, 0.5) is 0 Å². The normalized spacial score (nSPS) is 15.9. The molecule has 0 aliphatic carbocycles. The summed E-state index contributed by atoms with van der Waals surface area (Å²) in [6.45, 7) is 0.448. The molecule has 1 aromatic rings. The SMILES string of the molecule is COc1cccc2c1OCC2=CC#N. The van der Waals surface area contributed by atoms with E-state index in [-0.39, 0.29) is 0 Å². The van der Waals surface area contributed by atoms with Crippen molar-refractivity contribution in [3.8, 4) is 17.6 Å². The van der Waals surface area contributed by atoms with E-state index in [0.717, 1.165) is 16.9 Å². The lowest BCUT2D eigenvalue weighted by Gasteiger charge is -2.04. The van der Waals surface area contributed by atoms with Gasteiger partial charge in [-0.1, -0.05) is 12.1 Å². The van der Waals surface area contributed by atoms with Crippen LogP contribution in [0.1, 0.15) is 5.56 Å². The Balaban J connectivity index is 2.53. The molecule has 2 rings (SSSR count). The third-order valence-electron chi connectivity index (χ3n) is 2.16. The number of benzene rings is 1. The summed E-state index contributed by atoms with van der Waals surface area (Å²) < 4.78 is 10.6. The topological polar surface area (TPSA) is 42.2 Å². The summed E-state index contributed by atoms with van der Waals surface area (Å²) in [4.78, 5) is 0. The van der Waals surface area contributed by atoms with Crippen LogP contribution in [0.3, 0.4) is 0 Å². The minimum atomic E-state index is 0.448. The summed E-state index contributed by atoms with van der Waals surface area (Å²) in [5, 5.41) is 8.57. The molecule has 0 amide bonds. The molecular weight excluding hydrogens is 178 g/mol. The van der Waals surface area contributed by atoms with Crippen molar-refractivity contribution in [2.75, 3.05) is 13.7 Å². The van der Waals surface area contributed by atoms with Gasteiger partial charge >= 0.3 is 0 Å². The number of ether oxygens (including phenoxy) is 2. The van der Waals surface area contributed by atoms with E-state index >= 15 is 0 Å². The summed E-state index contributed by atoms with van der Waals surface area (Å²) in [5.41, 5.74) is 1.85. The van der Waals surface area contributed by atoms with Gasteiger partial charge in [0.25, 0.3) is 0 Å². The molecule has 1 heterocycles. The Morgan fingerprint density at radius 3 is 3.14 bits per heavy atom. The highest BCUT2D eigenvalue weighted by atomic mass is 16.5. The van der Waals surface area contributed by atoms with Crippen molar-refractivity contribution in [3.63, 3.8) is 0 Å². The van der Waals surface area contributed by atoms with Gasteiger partial charge in [0.2, 0.25) is 0 Å². The van der Waals surface area contributed by atoms with Crippen molar-refractivity contribution in [2.24, 2.45) is 0 Å². The van der Waals surface area contributed by atoms with Crippen LogP contribution in [0, 0.1) is 11.3 Å². The van der Waals surface area contributed by atoms with Crippen molar-refractivity contribution in [3.05, 3.63) is 29.8 Å². The van der Waals surface area contributed by atoms with Crippen molar-refractivity contribution in [1.29, 1.82) is 5.26 Å². The molecule has 70 valence electrons. The lowest BCUT2D eigenvalue weighted by molar-refractivity contribution is 0.343. The maximum atomic E-state index is 8.57. The number of fused-ring (bicyclic) bond motifs is 1. The Kier molecular flexibility index (Phi) is 2.11. The largest absolute Gasteiger partial charge is 0.493 e. The van der Waals surface area contributed by atoms with Crippen molar-refractivity contribution >= 4 is 5.57 Å². The van der Waals surface area contributed by atoms with E-state index in [2.05, 4.69) is 0 Å². The zero-order chi connectivity index (χ0) is 9.97. The van der Waals surface area contributed by atoms with Crippen molar-refractivity contribution in [2.45, 2.75) is 0 Å². The molecule has 3 heteroatoms. The van der Waals surface area contributed by atoms with Crippen LogP contribution in [-0.2, 0) is 0 Å². The predicted octanol–water partition coefficient (Wildman–Crippen LogP) is 1.99. The molecule has 0 saturated heterocycles. The molecule has 1 aliphatic rings. The van der Waals surface area contributed by atoms with Crippen LogP contribution < -0.4 is 9.47 Å². The zero-order valence-electron chi connectivity index (χ0n) is 7.78. The highest BCUT2D eigenvalue weighted by molar-refractivity contribution is 5.78. The molecule has 3 nitrogen and oxygen atoms in total. The first kappa shape index (κ1) is 8.64. The molecule has 1 aromatic carbocycles. The average Bonchev–Trinajstić information content (AvgIpc) is 2.62. The smallest absolute Gasteiger partial charge is 0.169 e. The predicted molar refractivity (Wildman–Crippen MR) is 52.1 cm³/mol. The first-order chi connectivity index (χ1) is 6.86. The summed E-state index contributed by atoms with van der Waals surface area (Å²) in [7, 11) is 1.60. The lowest BCUT2D eigenvalue weighted by Crippen LogP contribution is -1.89. The molecule has 0 bridgehead atoms. The average molecular weight is 187 g/mol. The Morgan fingerprint density at radius 2 is 2.43 bits per heavy atom. The Labute approximate surface area is 82.2 Å². The van der Waals surface area contributed by atoms with E-state index in [1.807, 2.05) is 24.3 Å². The third-order valence-corrected chi connectivity index (χ3v) is 2.16. The molecule has 0 aromatic heterocycles. The number of para-hydroxylation sites is 1. The monoisotopic (exact) mass is 187 g/mol. The van der Waals surface area contributed by atoms with E-state index in [0.29, 0.717) is 12.4 Å². The number of hydrogen-bond donors (Lipinski definition) is 0. The lowest BCUT2D eigenvalue weighted by atomic mass is 10.1. The van der Waals surface area contributed by atoms with Gasteiger partial charge in [-0.2, -0.15) is 5.26 Å². The maximum absolute atomic E-state index is 8.57. The van der Waals surface area contributed by atoms with Gasteiger partial charge in [0.1, 0.15) is 6.61 Å². The summed E-state index contributed by atoms with van der Waals surface area (Å²) in [6.07, 6.45) is 1.51. The molecule has 0 N–H and O–H groups in total. The molecule has 1 aliphatic heterocycles. The van der Waals surface area contributed by atoms with Gasteiger partial charge in [-0.25, -0.2) is 0 Å². The first-order valence-electron chi connectivity index (χ1n) is 4.25. The van der Waals surface area contributed by atoms with E-state index in [1.165, 1.54) is 6.08 Å². The standard InChI is InChI=1S/C11H9NO2/c1-13-10-4-2-3-9-8(5-6-12)7-14-11(9)10/h2-5H,7H2,1H3. The highest BCUT2D eigenvalue weighted by Gasteiger charge is 2.20. The minimum absolute atomic E-state index is 0.448. The fourth-order valence-corrected chi connectivity index (χ4v) is 1.50. The minimum Gasteiger partial charge on any atom is -0.493 e.